The van der Waals surface area contributed by atoms with Gasteiger partial charge in [-0.15, -0.1) is 0 Å². The van der Waals surface area contributed by atoms with Crippen LogP contribution in [0.2, 0.25) is 5.02 Å². The Bertz CT molecular complexity index is 1630. The van der Waals surface area contributed by atoms with Crippen LogP contribution in [0.15, 0.2) is 48.9 Å². The molecule has 0 radical (unpaired) electrons. The van der Waals surface area contributed by atoms with E-state index >= 15 is 0 Å². The number of hydrogen-bond acceptors (Lipinski definition) is 7. The minimum absolute atomic E-state index is 0.00842. The molecule has 0 atom stereocenters. The lowest BCUT2D eigenvalue weighted by Gasteiger charge is -2.32. The zero-order chi connectivity index (χ0) is 30.2. The van der Waals surface area contributed by atoms with Gasteiger partial charge < -0.3 is 25.8 Å². The average molecular weight is 602 g/mol. The fraction of sp³-hybridized carbons (Fsp3) is 0.296. The number of nitrogens with zero attached hydrogens (tertiary/aromatic N) is 6. The van der Waals surface area contributed by atoms with Crippen molar-refractivity contribution in [2.75, 3.05) is 31.2 Å². The van der Waals surface area contributed by atoms with Gasteiger partial charge in [0.2, 0.25) is 0 Å². The lowest BCUT2D eigenvalue weighted by molar-refractivity contribution is -0.140. The first-order valence-corrected chi connectivity index (χ1v) is 13.3. The van der Waals surface area contributed by atoms with Crippen molar-refractivity contribution in [3.05, 3.63) is 71.0 Å². The molecule has 4 heterocycles. The molecule has 42 heavy (non-hydrogen) atoms. The van der Waals surface area contributed by atoms with E-state index in [0.29, 0.717) is 11.3 Å². The molecule has 11 nitrogen and oxygen atoms in total. The lowest BCUT2D eigenvalue weighted by atomic mass is 10.0. The number of aromatic nitrogens is 5. The summed E-state index contributed by atoms with van der Waals surface area (Å²) in [5, 5.41) is 9.74. The number of hydrogen-bond donors (Lipinski definition) is 3. The van der Waals surface area contributed by atoms with Gasteiger partial charge in [-0.3, -0.25) is 9.59 Å². The lowest BCUT2D eigenvalue weighted by Crippen LogP contribution is -2.44. The molecule has 1 aliphatic rings. The highest BCUT2D eigenvalue weighted by atomic mass is 35.5. The first kappa shape index (κ1) is 29.1. The number of halogens is 4. The molecule has 4 N–H and O–H groups in total. The summed E-state index contributed by atoms with van der Waals surface area (Å²) < 4.78 is 44.0. The van der Waals surface area contributed by atoms with Gasteiger partial charge in [0, 0.05) is 32.0 Å². The minimum Gasteiger partial charge on any atom is -0.397 e. The quantitative estimate of drug-likeness (QED) is 0.304. The second-order valence-corrected chi connectivity index (χ2v) is 10.3. The average Bonchev–Trinajstić information content (AvgIpc) is 3.57. The van der Waals surface area contributed by atoms with Crippen molar-refractivity contribution in [2.24, 2.45) is 7.05 Å². The molecule has 4 aromatic rings. The molecule has 5 rings (SSSR count). The number of amides is 2. The predicted molar refractivity (Wildman–Crippen MR) is 150 cm³/mol. The highest BCUT2D eigenvalue weighted by Crippen LogP contribution is 2.37. The number of nitrogens with two attached hydrogens (primary N) is 1. The van der Waals surface area contributed by atoms with Crippen molar-refractivity contribution in [1.82, 2.24) is 34.5 Å². The summed E-state index contributed by atoms with van der Waals surface area (Å²) in [5.41, 5.74) is 5.10. The normalized spacial score (nSPS) is 14.1. The smallest absolute Gasteiger partial charge is 0.397 e. The summed E-state index contributed by atoms with van der Waals surface area (Å²) in [5.74, 6) is -0.944. The molecular weight excluding hydrogens is 575 g/mol. The van der Waals surface area contributed by atoms with Crippen LogP contribution in [0.4, 0.5) is 24.5 Å². The number of carbonyl (C=O) groups is 2. The molecule has 2 amide bonds. The van der Waals surface area contributed by atoms with E-state index in [-0.39, 0.29) is 45.6 Å². The molecule has 0 saturated carbocycles. The molecule has 0 unspecified atom stereocenters. The third-order valence-corrected chi connectivity index (χ3v) is 7.40. The van der Waals surface area contributed by atoms with Crippen molar-refractivity contribution in [1.29, 1.82) is 0 Å². The van der Waals surface area contributed by atoms with Crippen molar-refractivity contribution in [3.63, 3.8) is 0 Å². The van der Waals surface area contributed by atoms with E-state index in [1.807, 2.05) is 0 Å². The third-order valence-electron chi connectivity index (χ3n) is 7.09. The number of rotatable bonds is 6. The fourth-order valence-electron chi connectivity index (χ4n) is 4.79. The molecular formula is C27H27ClF3N9O2. The molecule has 3 aromatic heterocycles. The summed E-state index contributed by atoms with van der Waals surface area (Å²) in [6.45, 7) is 1.66. The number of imidazole rings is 1. The van der Waals surface area contributed by atoms with Crippen molar-refractivity contribution >= 4 is 34.8 Å². The largest absolute Gasteiger partial charge is 0.435 e. The number of nitrogen functional groups attached to an aromatic ring is 1. The van der Waals surface area contributed by atoms with E-state index in [4.69, 9.17) is 17.3 Å². The highest BCUT2D eigenvalue weighted by Gasteiger charge is 2.39. The number of nitrogens with one attached hydrogen (secondary N) is 2. The van der Waals surface area contributed by atoms with Crippen LogP contribution in [0, 0.1) is 0 Å². The molecule has 1 aliphatic heterocycles. The summed E-state index contributed by atoms with van der Waals surface area (Å²) >= 11 is 6.41. The van der Waals surface area contributed by atoms with Gasteiger partial charge in [0.05, 0.1) is 39.9 Å². The minimum atomic E-state index is -4.79. The maximum absolute atomic E-state index is 13.9. The van der Waals surface area contributed by atoms with Crippen molar-refractivity contribution in [3.8, 4) is 17.1 Å². The monoisotopic (exact) mass is 601 g/mol. The van der Waals surface area contributed by atoms with Crippen LogP contribution in [0.1, 0.15) is 39.5 Å². The molecule has 0 spiro atoms. The summed E-state index contributed by atoms with van der Waals surface area (Å²) in [7, 11) is 3.16. The predicted octanol–water partition coefficient (Wildman–Crippen LogP) is 4.00. The van der Waals surface area contributed by atoms with Gasteiger partial charge in [0.15, 0.2) is 17.3 Å². The van der Waals surface area contributed by atoms with Gasteiger partial charge in [0.25, 0.3) is 11.8 Å². The van der Waals surface area contributed by atoms with Crippen LogP contribution in [0.3, 0.4) is 0 Å². The standard InChI is InChI=1S/C27H27ClF3N9O2/c1-38(17-7-9-33-10-8-17)26(42)18-5-4-16(11-20(18)28)36-25(41)24-35-13-21(39(24)2)19-14-40(37-23(19)27(29,30)31)22-6-3-15(32)12-34-22/h3-6,11-14,17,33H,7-10,32H2,1-2H3,(H,36,41). The van der Waals surface area contributed by atoms with Crippen LogP contribution < -0.4 is 16.4 Å². The SMILES string of the molecule is CN(C(=O)c1ccc(NC(=O)c2ncc(-c3cn(-c4ccc(N)cn4)nc3C(F)(F)F)n2C)cc1Cl)C1CCNCC1. The van der Waals surface area contributed by atoms with E-state index in [9.17, 15) is 22.8 Å². The first-order valence-electron chi connectivity index (χ1n) is 12.9. The summed E-state index contributed by atoms with van der Waals surface area (Å²) in [6, 6.07) is 7.52. The van der Waals surface area contributed by atoms with Gasteiger partial charge in [-0.05, 0) is 56.3 Å². The Morgan fingerprint density at radius 3 is 2.52 bits per heavy atom. The summed E-state index contributed by atoms with van der Waals surface area (Å²) in [6.07, 6.45) is 0.507. The molecule has 220 valence electrons. The number of carbonyl (C=O) groups excluding carboxylic acids is 2. The molecule has 1 fully saturated rings. The van der Waals surface area contributed by atoms with Crippen LogP contribution in [0.25, 0.3) is 17.1 Å². The number of alkyl halides is 3. The van der Waals surface area contributed by atoms with E-state index in [1.54, 1.807) is 11.9 Å². The molecule has 1 saturated heterocycles. The zero-order valence-electron chi connectivity index (χ0n) is 22.6. The highest BCUT2D eigenvalue weighted by molar-refractivity contribution is 6.34. The fourth-order valence-corrected chi connectivity index (χ4v) is 5.06. The Morgan fingerprint density at radius 2 is 1.88 bits per heavy atom. The molecule has 0 bridgehead atoms. The number of pyridine rings is 1. The summed E-state index contributed by atoms with van der Waals surface area (Å²) in [4.78, 5) is 35.9. The van der Waals surface area contributed by atoms with Crippen LogP contribution in [-0.4, -0.2) is 67.2 Å². The Kier molecular flexibility index (Phi) is 7.93. The number of benzene rings is 1. The number of anilines is 2. The first-order chi connectivity index (χ1) is 19.9. The van der Waals surface area contributed by atoms with Crippen molar-refractivity contribution in [2.45, 2.75) is 25.1 Å². The van der Waals surface area contributed by atoms with Gasteiger partial charge in [-0.25, -0.2) is 14.6 Å². The maximum Gasteiger partial charge on any atom is 0.435 e. The van der Waals surface area contributed by atoms with Gasteiger partial charge in [-0.2, -0.15) is 18.3 Å². The van der Waals surface area contributed by atoms with E-state index < -0.39 is 17.8 Å². The van der Waals surface area contributed by atoms with Gasteiger partial charge >= 0.3 is 6.18 Å². The molecule has 0 aliphatic carbocycles. The van der Waals surface area contributed by atoms with Crippen LogP contribution in [0.5, 0.6) is 0 Å². The van der Waals surface area contributed by atoms with E-state index in [2.05, 4.69) is 25.7 Å². The van der Waals surface area contributed by atoms with Crippen LogP contribution in [-0.2, 0) is 13.2 Å². The van der Waals surface area contributed by atoms with Crippen molar-refractivity contribution < 1.29 is 22.8 Å². The Balaban J connectivity index is 1.37. The zero-order valence-corrected chi connectivity index (χ0v) is 23.4. The number of piperidine rings is 1. The third kappa shape index (κ3) is 5.81. The Labute approximate surface area is 243 Å². The van der Waals surface area contributed by atoms with Gasteiger partial charge in [0.1, 0.15) is 0 Å². The molecule has 15 heteroatoms. The van der Waals surface area contributed by atoms with Gasteiger partial charge in [-0.1, -0.05) is 11.6 Å². The molecule has 1 aromatic carbocycles. The van der Waals surface area contributed by atoms with E-state index in [0.717, 1.165) is 43.0 Å². The topological polar surface area (TPSA) is 136 Å². The van der Waals surface area contributed by atoms with Crippen LogP contribution >= 0.6 is 11.6 Å². The Hall–Kier alpha value is -4.43. The Morgan fingerprint density at radius 1 is 1.14 bits per heavy atom. The second-order valence-electron chi connectivity index (χ2n) is 9.86. The van der Waals surface area contributed by atoms with E-state index in [1.165, 1.54) is 48.1 Å². The maximum atomic E-state index is 13.9. The second kappa shape index (κ2) is 11.4.